The van der Waals surface area contributed by atoms with Crippen LogP contribution < -0.4 is 10.6 Å². The highest BCUT2D eigenvalue weighted by molar-refractivity contribution is 6.16. The third kappa shape index (κ3) is 3.90. The van der Waals surface area contributed by atoms with Crippen molar-refractivity contribution >= 4 is 29.5 Å². The van der Waals surface area contributed by atoms with Crippen molar-refractivity contribution in [1.29, 1.82) is 0 Å². The van der Waals surface area contributed by atoms with E-state index in [4.69, 9.17) is 5.11 Å². The first-order valence-corrected chi connectivity index (χ1v) is 7.73. The number of carbonyl (C=O) groups excluding carboxylic acids is 4. The molecule has 2 rings (SSSR count). The van der Waals surface area contributed by atoms with Crippen LogP contribution in [-0.2, 0) is 14.4 Å². The van der Waals surface area contributed by atoms with Crippen molar-refractivity contribution in [3.63, 3.8) is 0 Å². The first-order valence-electron chi connectivity index (χ1n) is 7.73. The lowest BCUT2D eigenvalue weighted by Crippen LogP contribution is -2.48. The van der Waals surface area contributed by atoms with Crippen LogP contribution in [0.4, 0.5) is 0 Å². The molecule has 8 heteroatoms. The van der Waals surface area contributed by atoms with Crippen molar-refractivity contribution in [2.75, 3.05) is 0 Å². The van der Waals surface area contributed by atoms with Crippen molar-refractivity contribution < 1.29 is 29.1 Å². The van der Waals surface area contributed by atoms with Gasteiger partial charge in [-0.25, -0.2) is 4.79 Å². The van der Waals surface area contributed by atoms with Gasteiger partial charge in [0.1, 0.15) is 5.92 Å². The number of benzene rings is 1. The van der Waals surface area contributed by atoms with Crippen LogP contribution in [0.15, 0.2) is 24.3 Å². The Kier molecular flexibility index (Phi) is 5.31. The van der Waals surface area contributed by atoms with E-state index in [1.54, 1.807) is 13.8 Å². The Balaban J connectivity index is 2.24. The maximum absolute atomic E-state index is 12.6. The molecule has 132 valence electrons. The number of carbonyl (C=O) groups is 5. The molecule has 0 aliphatic carbocycles. The summed E-state index contributed by atoms with van der Waals surface area (Å²) in [5, 5.41) is 13.7. The van der Waals surface area contributed by atoms with Gasteiger partial charge in [-0.2, -0.15) is 0 Å². The van der Waals surface area contributed by atoms with Crippen molar-refractivity contribution in [3.05, 3.63) is 35.4 Å². The lowest BCUT2D eigenvalue weighted by atomic mass is 9.89. The second kappa shape index (κ2) is 7.25. The molecule has 1 aliphatic rings. The number of rotatable bonds is 6. The van der Waals surface area contributed by atoms with Gasteiger partial charge in [0.15, 0.2) is 5.78 Å². The van der Waals surface area contributed by atoms with E-state index in [1.807, 2.05) is 0 Å². The molecule has 1 unspecified atom stereocenters. The van der Waals surface area contributed by atoms with Crippen LogP contribution >= 0.6 is 0 Å². The van der Waals surface area contributed by atoms with Crippen LogP contribution in [0.1, 0.15) is 41.0 Å². The second-order valence-electron chi connectivity index (χ2n) is 6.12. The first-order chi connectivity index (χ1) is 11.7. The van der Waals surface area contributed by atoms with Crippen molar-refractivity contribution in [2.45, 2.75) is 26.3 Å². The molecule has 25 heavy (non-hydrogen) atoms. The van der Waals surface area contributed by atoms with Crippen LogP contribution in [0.2, 0.25) is 0 Å². The molecular formula is C17H18N2O6. The molecule has 1 aromatic carbocycles. The molecule has 2 atom stereocenters. The second-order valence-corrected chi connectivity index (χ2v) is 6.12. The Morgan fingerprint density at radius 3 is 2.24 bits per heavy atom. The minimum absolute atomic E-state index is 0.0830. The van der Waals surface area contributed by atoms with Gasteiger partial charge in [-0.1, -0.05) is 26.0 Å². The van der Waals surface area contributed by atoms with E-state index < -0.39 is 41.4 Å². The quantitative estimate of drug-likeness (QED) is 0.504. The Morgan fingerprint density at radius 2 is 1.76 bits per heavy atom. The maximum atomic E-state index is 12.6. The van der Waals surface area contributed by atoms with Crippen LogP contribution in [0, 0.1) is 11.8 Å². The predicted molar refractivity (Wildman–Crippen MR) is 85.8 cm³/mol. The summed E-state index contributed by atoms with van der Waals surface area (Å²) in [5.74, 6) is -5.27. The number of ketones is 1. The summed E-state index contributed by atoms with van der Waals surface area (Å²) < 4.78 is 0. The molecule has 0 bridgehead atoms. The largest absolute Gasteiger partial charge is 0.478 e. The van der Waals surface area contributed by atoms with Crippen molar-refractivity contribution in [2.24, 2.45) is 11.8 Å². The zero-order valence-corrected chi connectivity index (χ0v) is 13.7. The summed E-state index contributed by atoms with van der Waals surface area (Å²) in [6, 6.07) is 4.60. The van der Waals surface area contributed by atoms with Gasteiger partial charge in [-0.3, -0.25) is 24.5 Å². The Hall–Kier alpha value is -3.03. The average molecular weight is 346 g/mol. The Labute approximate surface area is 143 Å². The smallest absolute Gasteiger partial charge is 0.336 e. The van der Waals surface area contributed by atoms with E-state index in [2.05, 4.69) is 10.6 Å². The molecule has 0 aromatic heterocycles. The van der Waals surface area contributed by atoms with E-state index in [1.165, 1.54) is 24.3 Å². The van der Waals surface area contributed by atoms with Gasteiger partial charge in [0.05, 0.1) is 17.2 Å². The normalized spacial score (nSPS) is 18.0. The fraction of sp³-hybridized carbons (Fsp3) is 0.353. The number of nitrogens with one attached hydrogen (secondary N) is 2. The monoisotopic (exact) mass is 346 g/mol. The van der Waals surface area contributed by atoms with Crippen LogP contribution in [0.25, 0.3) is 0 Å². The third-order valence-corrected chi connectivity index (χ3v) is 3.97. The molecule has 0 radical (unpaired) electrons. The minimum atomic E-state index is -1.26. The zero-order chi connectivity index (χ0) is 18.7. The number of hydrogen-bond acceptors (Lipinski definition) is 5. The molecule has 1 fully saturated rings. The van der Waals surface area contributed by atoms with Gasteiger partial charge in [0.2, 0.25) is 11.8 Å². The summed E-state index contributed by atoms with van der Waals surface area (Å²) in [6.07, 6.45) is -0.248. The van der Waals surface area contributed by atoms with Gasteiger partial charge in [-0.15, -0.1) is 0 Å². The van der Waals surface area contributed by atoms with E-state index >= 15 is 0 Å². The van der Waals surface area contributed by atoms with E-state index in [9.17, 15) is 24.0 Å². The summed E-state index contributed by atoms with van der Waals surface area (Å²) >= 11 is 0. The number of hydrogen-bond donors (Lipinski definition) is 3. The van der Waals surface area contributed by atoms with Gasteiger partial charge in [-0.05, 0) is 18.1 Å². The molecule has 1 aliphatic heterocycles. The number of imide groups is 1. The molecule has 1 heterocycles. The molecule has 3 N–H and O–H groups in total. The summed E-state index contributed by atoms with van der Waals surface area (Å²) in [4.78, 5) is 59.3. The van der Waals surface area contributed by atoms with E-state index in [0.29, 0.717) is 0 Å². The fourth-order valence-corrected chi connectivity index (χ4v) is 2.65. The Bertz CT molecular complexity index is 755. The Morgan fingerprint density at radius 1 is 1.16 bits per heavy atom. The van der Waals surface area contributed by atoms with Gasteiger partial charge in [0.25, 0.3) is 5.91 Å². The first kappa shape index (κ1) is 18.3. The van der Waals surface area contributed by atoms with Crippen LogP contribution in [-0.4, -0.2) is 40.6 Å². The summed E-state index contributed by atoms with van der Waals surface area (Å²) in [5.41, 5.74) is -0.274. The average Bonchev–Trinajstić information content (AvgIpc) is 2.89. The molecule has 1 aromatic rings. The lowest BCUT2D eigenvalue weighted by Gasteiger charge is -2.23. The third-order valence-electron chi connectivity index (χ3n) is 3.97. The molecule has 0 saturated carbocycles. The van der Waals surface area contributed by atoms with Crippen molar-refractivity contribution in [1.82, 2.24) is 10.6 Å². The number of carboxylic acid groups (broad SMARTS) is 1. The summed E-state index contributed by atoms with van der Waals surface area (Å²) in [7, 11) is 0. The SMILES string of the molecule is CC(C)[C@H](NC(=O)c1ccccc1C(=O)O)C(=O)C1CC(=O)NC1=O. The van der Waals surface area contributed by atoms with Crippen LogP contribution in [0.3, 0.4) is 0 Å². The lowest BCUT2D eigenvalue weighted by molar-refractivity contribution is -0.133. The highest BCUT2D eigenvalue weighted by Gasteiger charge is 2.41. The molecular weight excluding hydrogens is 328 g/mol. The standard InChI is InChI=1S/C17H18N2O6/c1-8(2)13(14(21)11-7-12(20)18-16(11)23)19-15(22)9-5-3-4-6-10(9)17(24)25/h3-6,8,11,13H,7H2,1-2H3,(H,19,22)(H,24,25)(H,18,20,23)/t11?,13-/m0/s1. The number of carboxylic acids is 1. The number of aromatic carboxylic acids is 1. The van der Waals surface area contributed by atoms with Crippen LogP contribution in [0.5, 0.6) is 0 Å². The highest BCUT2D eigenvalue weighted by atomic mass is 16.4. The number of Topliss-reactive ketones (excluding diaryl/α,β-unsaturated/α-hetero) is 1. The highest BCUT2D eigenvalue weighted by Crippen LogP contribution is 2.18. The van der Waals surface area contributed by atoms with Gasteiger partial charge in [0, 0.05) is 6.42 Å². The maximum Gasteiger partial charge on any atom is 0.336 e. The fourth-order valence-electron chi connectivity index (χ4n) is 2.65. The molecule has 1 saturated heterocycles. The topological polar surface area (TPSA) is 130 Å². The minimum Gasteiger partial charge on any atom is -0.478 e. The van der Waals surface area contributed by atoms with Crippen molar-refractivity contribution in [3.8, 4) is 0 Å². The predicted octanol–water partition coefficient (Wildman–Crippen LogP) is 0.371. The molecule has 8 nitrogen and oxygen atoms in total. The van der Waals surface area contributed by atoms with Gasteiger partial charge >= 0.3 is 5.97 Å². The number of amides is 3. The molecule has 3 amide bonds. The zero-order valence-electron chi connectivity index (χ0n) is 13.7. The van der Waals surface area contributed by atoms with Gasteiger partial charge < -0.3 is 10.4 Å². The van der Waals surface area contributed by atoms with E-state index in [-0.39, 0.29) is 23.5 Å². The summed E-state index contributed by atoms with van der Waals surface area (Å²) in [6.45, 7) is 3.36. The molecule has 0 spiro atoms. The van der Waals surface area contributed by atoms with E-state index in [0.717, 1.165) is 0 Å².